The average molecular weight is 373 g/mol. The molecule has 0 aliphatic carbocycles. The summed E-state index contributed by atoms with van der Waals surface area (Å²) in [5, 5.41) is 9.68. The number of methoxy groups -OCH3 is 2. The van der Waals surface area contributed by atoms with Crippen molar-refractivity contribution in [1.29, 1.82) is 0 Å². The molecule has 1 aliphatic rings. The summed E-state index contributed by atoms with van der Waals surface area (Å²) in [6.07, 6.45) is 1.72. The van der Waals surface area contributed by atoms with E-state index in [0.29, 0.717) is 26.4 Å². The lowest BCUT2D eigenvalue weighted by Gasteiger charge is -2.17. The van der Waals surface area contributed by atoms with Crippen LogP contribution in [0.1, 0.15) is 5.56 Å². The molecule has 0 bridgehead atoms. The minimum Gasteiger partial charge on any atom is -0.504 e. The third kappa shape index (κ3) is 3.33. The van der Waals surface area contributed by atoms with Gasteiger partial charge in [-0.15, -0.1) is 0 Å². The SMILES string of the molecule is COc1cc(/C=C2\SC(=S)N(c3ccccc3OC)C2=O)ccc1O. The van der Waals surface area contributed by atoms with E-state index < -0.39 is 0 Å². The van der Waals surface area contributed by atoms with Gasteiger partial charge in [0.1, 0.15) is 5.75 Å². The van der Waals surface area contributed by atoms with Crippen LogP contribution in [0.3, 0.4) is 0 Å². The summed E-state index contributed by atoms with van der Waals surface area (Å²) in [5.41, 5.74) is 1.34. The van der Waals surface area contributed by atoms with Gasteiger partial charge in [0.25, 0.3) is 5.91 Å². The van der Waals surface area contributed by atoms with Crippen LogP contribution in [0, 0.1) is 0 Å². The van der Waals surface area contributed by atoms with Gasteiger partial charge in [-0.25, -0.2) is 0 Å². The molecule has 0 unspecified atom stereocenters. The van der Waals surface area contributed by atoms with Crippen LogP contribution in [-0.2, 0) is 4.79 Å². The molecule has 1 fully saturated rings. The number of amides is 1. The molecule has 0 spiro atoms. The number of phenols is 1. The molecule has 2 aromatic carbocycles. The Bertz CT molecular complexity index is 879. The Hall–Kier alpha value is -2.51. The fourth-order valence-electron chi connectivity index (χ4n) is 2.43. The Morgan fingerprint density at radius 2 is 1.84 bits per heavy atom. The zero-order valence-electron chi connectivity index (χ0n) is 13.6. The van der Waals surface area contributed by atoms with Crippen molar-refractivity contribution in [2.45, 2.75) is 0 Å². The van der Waals surface area contributed by atoms with Crippen molar-refractivity contribution in [2.24, 2.45) is 0 Å². The maximum absolute atomic E-state index is 12.8. The van der Waals surface area contributed by atoms with Gasteiger partial charge in [-0.3, -0.25) is 9.69 Å². The van der Waals surface area contributed by atoms with Gasteiger partial charge < -0.3 is 14.6 Å². The van der Waals surface area contributed by atoms with Crippen molar-refractivity contribution < 1.29 is 19.4 Å². The molecule has 128 valence electrons. The number of thioether (sulfide) groups is 1. The topological polar surface area (TPSA) is 59.0 Å². The van der Waals surface area contributed by atoms with Crippen molar-refractivity contribution in [3.05, 3.63) is 52.9 Å². The lowest BCUT2D eigenvalue weighted by Crippen LogP contribution is -2.27. The van der Waals surface area contributed by atoms with Crippen LogP contribution < -0.4 is 14.4 Å². The van der Waals surface area contributed by atoms with Crippen LogP contribution in [0.5, 0.6) is 17.2 Å². The maximum atomic E-state index is 12.8. The number of rotatable bonds is 4. The number of para-hydroxylation sites is 2. The Balaban J connectivity index is 1.96. The monoisotopic (exact) mass is 373 g/mol. The summed E-state index contributed by atoms with van der Waals surface area (Å²) < 4.78 is 10.9. The Morgan fingerprint density at radius 1 is 1.12 bits per heavy atom. The number of phenolic OH excluding ortho intramolecular Hbond substituents is 1. The first-order valence-electron chi connectivity index (χ1n) is 7.33. The third-order valence-corrected chi connectivity index (χ3v) is 4.92. The molecule has 1 aliphatic heterocycles. The summed E-state index contributed by atoms with van der Waals surface area (Å²) in [6.45, 7) is 0. The van der Waals surface area contributed by atoms with Crippen molar-refractivity contribution in [3.8, 4) is 17.2 Å². The van der Waals surface area contributed by atoms with Gasteiger partial charge in [-0.2, -0.15) is 0 Å². The minimum atomic E-state index is -0.216. The summed E-state index contributed by atoms with van der Waals surface area (Å²) in [6, 6.07) is 12.1. The number of benzene rings is 2. The standard InChI is InChI=1S/C18H15NO4S2/c1-22-14-6-4-3-5-12(14)19-17(21)16(25-18(19)24)10-11-7-8-13(20)15(9-11)23-2/h3-10,20H,1-2H3/b16-10-. The molecule has 1 amide bonds. The van der Waals surface area contributed by atoms with Crippen molar-refractivity contribution in [1.82, 2.24) is 0 Å². The van der Waals surface area contributed by atoms with Gasteiger partial charge in [-0.05, 0) is 35.9 Å². The number of carbonyl (C=O) groups is 1. The number of hydrogen-bond acceptors (Lipinski definition) is 6. The molecule has 5 nitrogen and oxygen atoms in total. The van der Waals surface area contributed by atoms with Crippen LogP contribution in [0.15, 0.2) is 47.4 Å². The van der Waals surface area contributed by atoms with Gasteiger partial charge in [0.05, 0.1) is 24.8 Å². The lowest BCUT2D eigenvalue weighted by molar-refractivity contribution is -0.113. The van der Waals surface area contributed by atoms with E-state index in [1.54, 1.807) is 37.5 Å². The number of hydrogen-bond donors (Lipinski definition) is 1. The molecule has 1 saturated heterocycles. The van der Waals surface area contributed by atoms with Gasteiger partial charge in [-0.1, -0.05) is 42.2 Å². The van der Waals surface area contributed by atoms with Crippen LogP contribution in [-0.4, -0.2) is 29.6 Å². The normalized spacial score (nSPS) is 15.8. The summed E-state index contributed by atoms with van der Waals surface area (Å²) in [4.78, 5) is 14.8. The highest BCUT2D eigenvalue weighted by molar-refractivity contribution is 8.27. The lowest BCUT2D eigenvalue weighted by atomic mass is 10.2. The Morgan fingerprint density at radius 3 is 2.56 bits per heavy atom. The van der Waals surface area contributed by atoms with Crippen molar-refractivity contribution in [3.63, 3.8) is 0 Å². The van der Waals surface area contributed by atoms with E-state index in [1.807, 2.05) is 12.1 Å². The van der Waals surface area contributed by atoms with E-state index in [2.05, 4.69) is 0 Å². The smallest absolute Gasteiger partial charge is 0.270 e. The fourth-order valence-corrected chi connectivity index (χ4v) is 3.71. The molecular formula is C18H15NO4S2. The van der Waals surface area contributed by atoms with Gasteiger partial charge in [0, 0.05) is 0 Å². The predicted molar refractivity (Wildman–Crippen MR) is 103 cm³/mol. The largest absolute Gasteiger partial charge is 0.504 e. The van der Waals surface area contributed by atoms with Gasteiger partial charge in [0.15, 0.2) is 15.8 Å². The number of anilines is 1. The highest BCUT2D eigenvalue weighted by Gasteiger charge is 2.34. The number of nitrogens with zero attached hydrogens (tertiary/aromatic N) is 1. The molecule has 0 atom stereocenters. The Labute approximate surface area is 154 Å². The van der Waals surface area contributed by atoms with Crippen LogP contribution >= 0.6 is 24.0 Å². The summed E-state index contributed by atoms with van der Waals surface area (Å²) >= 11 is 6.60. The second-order valence-corrected chi connectivity index (χ2v) is 6.80. The van der Waals surface area contributed by atoms with Crippen molar-refractivity contribution in [2.75, 3.05) is 19.1 Å². The molecule has 0 radical (unpaired) electrons. The van der Waals surface area contributed by atoms with E-state index in [-0.39, 0.29) is 11.7 Å². The van der Waals surface area contributed by atoms with E-state index in [4.69, 9.17) is 21.7 Å². The predicted octanol–water partition coefficient (Wildman–Crippen LogP) is 3.82. The molecule has 25 heavy (non-hydrogen) atoms. The minimum absolute atomic E-state index is 0.0428. The van der Waals surface area contributed by atoms with Gasteiger partial charge in [0.2, 0.25) is 0 Å². The highest BCUT2D eigenvalue weighted by atomic mass is 32.2. The van der Waals surface area contributed by atoms with Crippen molar-refractivity contribution >= 4 is 46.0 Å². The molecule has 0 aromatic heterocycles. The number of aromatic hydroxyl groups is 1. The molecule has 7 heteroatoms. The third-order valence-electron chi connectivity index (χ3n) is 3.62. The first-order valence-corrected chi connectivity index (χ1v) is 8.55. The molecule has 1 N–H and O–H groups in total. The number of ether oxygens (including phenoxy) is 2. The Kier molecular flexibility index (Phi) is 4.96. The number of carbonyl (C=O) groups excluding carboxylic acids is 1. The summed E-state index contributed by atoms with van der Waals surface area (Å²) in [7, 11) is 3.02. The van der Waals surface area contributed by atoms with Crippen LogP contribution in [0.4, 0.5) is 5.69 Å². The van der Waals surface area contributed by atoms with E-state index in [9.17, 15) is 9.90 Å². The highest BCUT2D eigenvalue weighted by Crippen LogP contribution is 2.40. The van der Waals surface area contributed by atoms with Crippen LogP contribution in [0.2, 0.25) is 0 Å². The molecule has 0 saturated carbocycles. The molecule has 3 rings (SSSR count). The first-order chi connectivity index (χ1) is 12.0. The van der Waals surface area contributed by atoms with Crippen LogP contribution in [0.25, 0.3) is 6.08 Å². The fraction of sp³-hybridized carbons (Fsp3) is 0.111. The second kappa shape index (κ2) is 7.16. The zero-order valence-corrected chi connectivity index (χ0v) is 15.2. The molecule has 1 heterocycles. The second-order valence-electron chi connectivity index (χ2n) is 5.12. The quantitative estimate of drug-likeness (QED) is 0.650. The maximum Gasteiger partial charge on any atom is 0.270 e. The molecule has 2 aromatic rings. The van der Waals surface area contributed by atoms with Gasteiger partial charge >= 0.3 is 0 Å². The average Bonchev–Trinajstić information content (AvgIpc) is 2.90. The number of thiocarbonyl (C=S) groups is 1. The summed E-state index contributed by atoms with van der Waals surface area (Å²) in [5.74, 6) is 0.744. The van der Waals surface area contributed by atoms with E-state index in [1.165, 1.54) is 29.8 Å². The molecular weight excluding hydrogens is 358 g/mol. The zero-order chi connectivity index (χ0) is 18.0. The van der Waals surface area contributed by atoms with E-state index in [0.717, 1.165) is 5.56 Å². The first kappa shape index (κ1) is 17.3. The van der Waals surface area contributed by atoms with E-state index >= 15 is 0 Å².